The molecule has 0 saturated carbocycles. The molecule has 0 aliphatic carbocycles. The zero-order valence-electron chi connectivity index (χ0n) is 18.1. The third-order valence-electron chi connectivity index (χ3n) is 6.73. The molecule has 0 amide bonds. The molecule has 2 aliphatic rings. The van der Waals surface area contributed by atoms with Gasteiger partial charge in [-0.05, 0) is 49.1 Å². The molecule has 9 heteroatoms. The van der Waals surface area contributed by atoms with Crippen molar-refractivity contribution in [3.05, 3.63) is 70.8 Å². The van der Waals surface area contributed by atoms with Gasteiger partial charge in [-0.2, -0.15) is 26.3 Å². The van der Waals surface area contributed by atoms with E-state index in [0.29, 0.717) is 6.04 Å². The lowest BCUT2D eigenvalue weighted by Crippen LogP contribution is -2.63. The summed E-state index contributed by atoms with van der Waals surface area (Å²) in [5.74, 6) is 0. The predicted molar refractivity (Wildman–Crippen MR) is 112 cm³/mol. The number of ether oxygens (including phenoxy) is 1. The van der Waals surface area contributed by atoms with Gasteiger partial charge in [-0.3, -0.25) is 4.90 Å². The molecule has 0 spiro atoms. The molecule has 2 heterocycles. The number of nitrogens with one attached hydrogen (secondary N) is 1. The molecule has 2 saturated heterocycles. The Hall–Kier alpha value is -2.10. The smallest absolute Gasteiger partial charge is 0.372 e. The highest BCUT2D eigenvalue weighted by Gasteiger charge is 2.45. The van der Waals surface area contributed by atoms with Crippen LogP contribution in [0.25, 0.3) is 0 Å². The first kappa shape index (κ1) is 24.0. The Labute approximate surface area is 188 Å². The Morgan fingerprint density at radius 1 is 1.03 bits per heavy atom. The van der Waals surface area contributed by atoms with Crippen molar-refractivity contribution in [2.24, 2.45) is 0 Å². The summed E-state index contributed by atoms with van der Waals surface area (Å²) < 4.78 is 85.7. The van der Waals surface area contributed by atoms with Crippen molar-refractivity contribution < 1.29 is 31.1 Å². The number of fused-ring (bicyclic) bond motifs is 2. The second-order valence-electron chi connectivity index (χ2n) is 8.83. The van der Waals surface area contributed by atoms with Gasteiger partial charge >= 0.3 is 12.4 Å². The van der Waals surface area contributed by atoms with Crippen molar-refractivity contribution in [1.82, 2.24) is 10.2 Å². The molecule has 0 aromatic heterocycles. The molecular weight excluding hydrogens is 446 g/mol. The van der Waals surface area contributed by atoms with Gasteiger partial charge < -0.3 is 10.1 Å². The molecule has 4 rings (SSSR count). The molecule has 1 unspecified atom stereocenters. The fraction of sp³-hybridized carbons (Fsp3) is 0.500. The Kier molecular flexibility index (Phi) is 6.50. The molecule has 2 aliphatic heterocycles. The highest BCUT2D eigenvalue weighted by atomic mass is 19.4. The molecule has 1 N–H and O–H groups in total. The molecule has 3 nitrogen and oxygen atoms in total. The Morgan fingerprint density at radius 2 is 1.67 bits per heavy atom. The standard InChI is InChI=1S/C24H26F6N2O/c1-16(17-11-19(23(25,26)27)13-20(12-17)24(28,29)30)33-15-22(18-5-3-2-4-6-18)8-7-21-14-32(22)10-9-31-21/h2-6,11-13,16,21,31H,7-10,14-15H2,1H3/t16-,21-,22-/m1/s1. The van der Waals surface area contributed by atoms with Crippen molar-refractivity contribution in [2.75, 3.05) is 26.2 Å². The molecule has 2 aromatic carbocycles. The van der Waals surface area contributed by atoms with Crippen LogP contribution in [0.5, 0.6) is 0 Å². The van der Waals surface area contributed by atoms with Crippen LogP contribution in [0.15, 0.2) is 48.5 Å². The van der Waals surface area contributed by atoms with Crippen molar-refractivity contribution >= 4 is 0 Å². The summed E-state index contributed by atoms with van der Waals surface area (Å²) in [6.07, 6.45) is -9.04. The van der Waals surface area contributed by atoms with E-state index in [4.69, 9.17) is 4.74 Å². The minimum absolute atomic E-state index is 0.143. The number of benzene rings is 2. The first-order valence-corrected chi connectivity index (χ1v) is 10.9. The normalized spacial score (nSPS) is 26.8. The quantitative estimate of drug-likeness (QED) is 0.560. The van der Waals surface area contributed by atoms with E-state index in [-0.39, 0.29) is 18.2 Å². The van der Waals surface area contributed by atoms with Gasteiger partial charge in [0.15, 0.2) is 0 Å². The third-order valence-corrected chi connectivity index (χ3v) is 6.73. The second-order valence-corrected chi connectivity index (χ2v) is 8.83. The Bertz CT molecular complexity index is 929. The predicted octanol–water partition coefficient (Wildman–Crippen LogP) is 5.76. The number of nitrogens with zero attached hydrogens (tertiary/aromatic N) is 1. The largest absolute Gasteiger partial charge is 0.416 e. The minimum atomic E-state index is -4.89. The van der Waals surface area contributed by atoms with Crippen molar-refractivity contribution in [3.8, 4) is 0 Å². The van der Waals surface area contributed by atoms with Crippen LogP contribution in [0.4, 0.5) is 26.3 Å². The van der Waals surface area contributed by atoms with E-state index in [1.54, 1.807) is 0 Å². The van der Waals surface area contributed by atoms with E-state index in [0.717, 1.165) is 50.2 Å². The minimum Gasteiger partial charge on any atom is -0.372 e. The summed E-state index contributed by atoms with van der Waals surface area (Å²) in [5.41, 5.74) is -2.25. The van der Waals surface area contributed by atoms with Gasteiger partial charge in [-0.1, -0.05) is 30.3 Å². The maximum atomic E-state index is 13.3. The van der Waals surface area contributed by atoms with Crippen LogP contribution >= 0.6 is 0 Å². The van der Waals surface area contributed by atoms with Crippen LogP contribution in [0.2, 0.25) is 0 Å². The monoisotopic (exact) mass is 472 g/mol. The number of rotatable bonds is 5. The number of piperidine rings is 1. The topological polar surface area (TPSA) is 24.5 Å². The molecule has 2 bridgehead atoms. The van der Waals surface area contributed by atoms with E-state index in [9.17, 15) is 26.3 Å². The maximum absolute atomic E-state index is 13.3. The fourth-order valence-corrected chi connectivity index (χ4v) is 4.87. The average Bonchev–Trinajstić information content (AvgIpc) is 2.78. The molecule has 4 atom stereocenters. The van der Waals surface area contributed by atoms with Crippen molar-refractivity contribution in [1.29, 1.82) is 0 Å². The molecule has 0 radical (unpaired) electrons. The number of piperazine rings is 1. The zero-order valence-corrected chi connectivity index (χ0v) is 18.1. The van der Waals surface area contributed by atoms with Gasteiger partial charge in [0.1, 0.15) is 0 Å². The van der Waals surface area contributed by atoms with Gasteiger partial charge in [0, 0.05) is 25.7 Å². The van der Waals surface area contributed by atoms with Crippen LogP contribution in [0.3, 0.4) is 0 Å². The first-order valence-electron chi connectivity index (χ1n) is 10.9. The molecule has 33 heavy (non-hydrogen) atoms. The number of hydrogen-bond acceptors (Lipinski definition) is 3. The lowest BCUT2D eigenvalue weighted by molar-refractivity contribution is -0.143. The van der Waals surface area contributed by atoms with Crippen LogP contribution in [0.1, 0.15) is 48.1 Å². The van der Waals surface area contributed by atoms with E-state index < -0.39 is 35.1 Å². The third kappa shape index (κ3) is 5.05. The van der Waals surface area contributed by atoms with Gasteiger partial charge in [-0.15, -0.1) is 0 Å². The summed E-state index contributed by atoms with van der Waals surface area (Å²) in [6, 6.07) is 11.8. The first-order chi connectivity index (χ1) is 15.5. The molecule has 2 aromatic rings. The van der Waals surface area contributed by atoms with Gasteiger partial charge in [0.25, 0.3) is 0 Å². The van der Waals surface area contributed by atoms with Crippen molar-refractivity contribution in [2.45, 2.75) is 49.8 Å². The van der Waals surface area contributed by atoms with Crippen molar-refractivity contribution in [3.63, 3.8) is 0 Å². The molecular formula is C24H26F6N2O. The highest BCUT2D eigenvalue weighted by Crippen LogP contribution is 2.41. The average molecular weight is 472 g/mol. The van der Waals surface area contributed by atoms with Crippen LogP contribution in [-0.4, -0.2) is 37.2 Å². The second kappa shape index (κ2) is 8.92. The van der Waals surface area contributed by atoms with Crippen LogP contribution in [-0.2, 0) is 22.6 Å². The Balaban J connectivity index is 1.63. The maximum Gasteiger partial charge on any atom is 0.416 e. The summed E-state index contributed by atoms with van der Waals surface area (Å²) >= 11 is 0. The highest BCUT2D eigenvalue weighted by molar-refractivity contribution is 5.35. The van der Waals surface area contributed by atoms with E-state index in [1.807, 2.05) is 30.3 Å². The van der Waals surface area contributed by atoms with Gasteiger partial charge in [-0.25, -0.2) is 0 Å². The summed E-state index contributed by atoms with van der Waals surface area (Å²) in [5, 5.41) is 3.48. The zero-order chi connectivity index (χ0) is 23.9. The SMILES string of the molecule is C[C@@H](OC[C@@]1(c2ccccc2)CC[C@@H]2CN1CCN2)c1cc(C(F)(F)F)cc(C(F)(F)F)c1. The fourth-order valence-electron chi connectivity index (χ4n) is 4.87. The summed E-state index contributed by atoms with van der Waals surface area (Å²) in [7, 11) is 0. The lowest BCUT2D eigenvalue weighted by Gasteiger charge is -2.53. The number of alkyl halides is 6. The lowest BCUT2D eigenvalue weighted by atomic mass is 9.78. The summed E-state index contributed by atoms with van der Waals surface area (Å²) in [6.45, 7) is 4.08. The van der Waals surface area contributed by atoms with Crippen LogP contribution in [0, 0.1) is 0 Å². The number of halogens is 6. The van der Waals surface area contributed by atoms with Crippen LogP contribution < -0.4 is 5.32 Å². The van der Waals surface area contributed by atoms with Gasteiger partial charge in [0.2, 0.25) is 0 Å². The Morgan fingerprint density at radius 3 is 2.27 bits per heavy atom. The van der Waals surface area contributed by atoms with E-state index in [1.165, 1.54) is 6.92 Å². The summed E-state index contributed by atoms with van der Waals surface area (Å²) in [4.78, 5) is 2.33. The van der Waals surface area contributed by atoms with E-state index >= 15 is 0 Å². The number of hydrogen-bond donors (Lipinski definition) is 1. The van der Waals surface area contributed by atoms with Gasteiger partial charge in [0.05, 0.1) is 29.4 Å². The van der Waals surface area contributed by atoms with E-state index in [2.05, 4.69) is 10.2 Å². The molecule has 2 fully saturated rings. The molecule has 180 valence electrons.